The second kappa shape index (κ2) is 5.70. The molecule has 116 valence electrons. The highest BCUT2D eigenvalue weighted by atomic mass is 19.4. The Morgan fingerprint density at radius 1 is 1.18 bits per heavy atom. The first-order chi connectivity index (χ1) is 10.2. The summed E-state index contributed by atoms with van der Waals surface area (Å²) < 4.78 is 65.2. The van der Waals surface area contributed by atoms with Gasteiger partial charge in [-0.05, 0) is 18.2 Å². The summed E-state index contributed by atoms with van der Waals surface area (Å²) in [6.07, 6.45) is -3.84. The molecule has 1 atom stereocenters. The molecular weight excluding hydrogens is 307 g/mol. The van der Waals surface area contributed by atoms with E-state index in [0.717, 1.165) is 24.4 Å². The van der Waals surface area contributed by atoms with Crippen LogP contribution in [-0.2, 0) is 11.0 Å². The van der Waals surface area contributed by atoms with Gasteiger partial charge < -0.3 is 5.73 Å². The van der Waals surface area contributed by atoms with E-state index in [2.05, 4.69) is 4.98 Å². The zero-order chi connectivity index (χ0) is 16.5. The van der Waals surface area contributed by atoms with Gasteiger partial charge in [0.05, 0.1) is 11.3 Å². The maximum atomic E-state index is 13.8. The van der Waals surface area contributed by atoms with Crippen LogP contribution in [0.15, 0.2) is 36.5 Å². The first-order valence-corrected chi connectivity index (χ1v) is 5.98. The Labute approximate surface area is 121 Å². The Morgan fingerprint density at radius 2 is 1.86 bits per heavy atom. The fourth-order valence-electron chi connectivity index (χ4n) is 1.98. The molecule has 1 aromatic carbocycles. The lowest BCUT2D eigenvalue weighted by molar-refractivity contribution is -0.137. The number of rotatable bonds is 3. The maximum Gasteiger partial charge on any atom is 0.416 e. The SMILES string of the molecule is NC(=O)C(c1cc(C(F)(F)F)ccn1)c1cccc(F)c1F. The molecule has 8 heteroatoms. The van der Waals surface area contributed by atoms with Gasteiger partial charge in [0.25, 0.3) is 0 Å². The van der Waals surface area contributed by atoms with Crippen LogP contribution in [0.4, 0.5) is 22.0 Å². The normalized spacial score (nSPS) is 13.0. The number of halogens is 5. The molecule has 0 saturated carbocycles. The number of hydrogen-bond donors (Lipinski definition) is 1. The van der Waals surface area contributed by atoms with Gasteiger partial charge in [0.1, 0.15) is 5.92 Å². The summed E-state index contributed by atoms with van der Waals surface area (Å²) in [7, 11) is 0. The smallest absolute Gasteiger partial charge is 0.369 e. The van der Waals surface area contributed by atoms with Crippen molar-refractivity contribution in [1.82, 2.24) is 4.98 Å². The van der Waals surface area contributed by atoms with Crippen LogP contribution in [0.2, 0.25) is 0 Å². The number of primary amides is 1. The molecule has 22 heavy (non-hydrogen) atoms. The summed E-state index contributed by atoms with van der Waals surface area (Å²) in [6.45, 7) is 0. The van der Waals surface area contributed by atoms with Crippen LogP contribution in [0.3, 0.4) is 0 Å². The summed E-state index contributed by atoms with van der Waals surface area (Å²) in [6, 6.07) is 4.28. The number of nitrogens with two attached hydrogens (primary N) is 1. The number of benzene rings is 1. The summed E-state index contributed by atoms with van der Waals surface area (Å²) in [5, 5.41) is 0. The van der Waals surface area contributed by atoms with Gasteiger partial charge in [0.2, 0.25) is 5.91 Å². The third-order valence-corrected chi connectivity index (χ3v) is 2.98. The van der Waals surface area contributed by atoms with E-state index in [1.807, 2.05) is 0 Å². The van der Waals surface area contributed by atoms with Crippen molar-refractivity contribution in [1.29, 1.82) is 0 Å². The summed E-state index contributed by atoms with van der Waals surface area (Å²) in [5.41, 5.74) is 3.18. The molecule has 2 N–H and O–H groups in total. The van der Waals surface area contributed by atoms with Crippen LogP contribution < -0.4 is 5.73 Å². The van der Waals surface area contributed by atoms with E-state index in [0.29, 0.717) is 12.1 Å². The van der Waals surface area contributed by atoms with E-state index in [1.165, 1.54) is 0 Å². The minimum Gasteiger partial charge on any atom is -0.369 e. The Balaban J connectivity index is 2.59. The number of pyridine rings is 1. The molecule has 1 unspecified atom stereocenters. The van der Waals surface area contributed by atoms with Crippen LogP contribution in [0.5, 0.6) is 0 Å². The molecule has 3 nitrogen and oxygen atoms in total. The van der Waals surface area contributed by atoms with Gasteiger partial charge in [-0.2, -0.15) is 13.2 Å². The molecule has 0 saturated heterocycles. The molecular formula is C14H9F5N2O. The molecule has 0 aliphatic rings. The van der Waals surface area contributed by atoms with Crippen LogP contribution in [0.1, 0.15) is 22.7 Å². The number of carbonyl (C=O) groups is 1. The molecule has 2 rings (SSSR count). The third kappa shape index (κ3) is 3.05. The highest BCUT2D eigenvalue weighted by Gasteiger charge is 2.33. The fourth-order valence-corrected chi connectivity index (χ4v) is 1.98. The van der Waals surface area contributed by atoms with Crippen molar-refractivity contribution in [3.63, 3.8) is 0 Å². The summed E-state index contributed by atoms with van der Waals surface area (Å²) in [5.74, 6) is -5.37. The minimum atomic E-state index is -4.67. The predicted molar refractivity (Wildman–Crippen MR) is 66.6 cm³/mol. The van der Waals surface area contributed by atoms with Crippen LogP contribution in [0, 0.1) is 11.6 Å². The zero-order valence-electron chi connectivity index (χ0n) is 10.9. The van der Waals surface area contributed by atoms with Crippen molar-refractivity contribution in [3.8, 4) is 0 Å². The van der Waals surface area contributed by atoms with Crippen LogP contribution in [0.25, 0.3) is 0 Å². The molecule has 0 bridgehead atoms. The van der Waals surface area contributed by atoms with Crippen LogP contribution >= 0.6 is 0 Å². The van der Waals surface area contributed by atoms with E-state index < -0.39 is 46.5 Å². The molecule has 1 heterocycles. The van der Waals surface area contributed by atoms with Gasteiger partial charge in [0, 0.05) is 11.8 Å². The number of aromatic nitrogens is 1. The lowest BCUT2D eigenvalue weighted by Crippen LogP contribution is -2.25. The number of hydrogen-bond acceptors (Lipinski definition) is 2. The average molecular weight is 316 g/mol. The Hall–Kier alpha value is -2.51. The van der Waals surface area contributed by atoms with Gasteiger partial charge >= 0.3 is 6.18 Å². The molecule has 2 aromatic rings. The van der Waals surface area contributed by atoms with Gasteiger partial charge in [-0.3, -0.25) is 9.78 Å². The van der Waals surface area contributed by atoms with E-state index in [1.54, 1.807) is 0 Å². The quantitative estimate of drug-likeness (QED) is 0.885. The van der Waals surface area contributed by atoms with Crippen molar-refractivity contribution in [2.45, 2.75) is 12.1 Å². The largest absolute Gasteiger partial charge is 0.416 e. The summed E-state index contributed by atoms with van der Waals surface area (Å²) >= 11 is 0. The molecule has 0 spiro atoms. The van der Waals surface area contributed by atoms with Crippen molar-refractivity contribution >= 4 is 5.91 Å². The van der Waals surface area contributed by atoms with E-state index in [-0.39, 0.29) is 0 Å². The fraction of sp³-hybridized carbons (Fsp3) is 0.143. The molecule has 0 aliphatic carbocycles. The summed E-state index contributed by atoms with van der Waals surface area (Å²) in [4.78, 5) is 15.2. The topological polar surface area (TPSA) is 56.0 Å². The molecule has 0 aliphatic heterocycles. The van der Waals surface area contributed by atoms with Crippen LogP contribution in [-0.4, -0.2) is 10.9 Å². The van der Waals surface area contributed by atoms with Crippen molar-refractivity contribution in [3.05, 3.63) is 65.0 Å². The highest BCUT2D eigenvalue weighted by Crippen LogP contribution is 2.32. The molecule has 0 radical (unpaired) electrons. The first kappa shape index (κ1) is 15.9. The highest BCUT2D eigenvalue weighted by molar-refractivity contribution is 5.85. The lowest BCUT2D eigenvalue weighted by Gasteiger charge is -2.16. The second-order valence-corrected chi connectivity index (χ2v) is 4.45. The number of nitrogens with zero attached hydrogens (tertiary/aromatic N) is 1. The third-order valence-electron chi connectivity index (χ3n) is 2.98. The van der Waals surface area contributed by atoms with E-state index >= 15 is 0 Å². The zero-order valence-corrected chi connectivity index (χ0v) is 10.9. The Bertz CT molecular complexity index is 715. The van der Waals surface area contributed by atoms with Gasteiger partial charge in [-0.1, -0.05) is 12.1 Å². The van der Waals surface area contributed by atoms with Gasteiger partial charge in [-0.25, -0.2) is 8.78 Å². The standard InChI is InChI=1S/C14H9F5N2O/c15-9-3-1-2-8(12(9)16)11(13(20)22)10-6-7(4-5-21-10)14(17,18)19/h1-6,11H,(H2,20,22). The van der Waals surface area contributed by atoms with Crippen molar-refractivity contribution in [2.24, 2.45) is 5.73 Å². The molecule has 0 fully saturated rings. The number of alkyl halides is 3. The Kier molecular flexibility index (Phi) is 4.11. The number of amides is 1. The van der Waals surface area contributed by atoms with E-state index in [9.17, 15) is 26.7 Å². The molecule has 1 amide bonds. The van der Waals surface area contributed by atoms with E-state index in [4.69, 9.17) is 5.73 Å². The van der Waals surface area contributed by atoms with Crippen molar-refractivity contribution < 1.29 is 26.7 Å². The monoisotopic (exact) mass is 316 g/mol. The minimum absolute atomic E-state index is 0.410. The van der Waals surface area contributed by atoms with Gasteiger partial charge in [-0.15, -0.1) is 0 Å². The Morgan fingerprint density at radius 3 is 2.45 bits per heavy atom. The maximum absolute atomic E-state index is 13.8. The first-order valence-electron chi connectivity index (χ1n) is 5.98. The number of carbonyl (C=O) groups excluding carboxylic acids is 1. The lowest BCUT2D eigenvalue weighted by atomic mass is 9.93. The second-order valence-electron chi connectivity index (χ2n) is 4.45. The predicted octanol–water partition coefficient (Wildman–Crippen LogP) is 3.00. The van der Waals surface area contributed by atoms with Gasteiger partial charge in [0.15, 0.2) is 11.6 Å². The molecule has 1 aromatic heterocycles. The average Bonchev–Trinajstić information content (AvgIpc) is 2.43. The van der Waals surface area contributed by atoms with Crippen molar-refractivity contribution in [2.75, 3.05) is 0 Å².